The zero-order valence-corrected chi connectivity index (χ0v) is 17.7. The number of halogens is 1. The van der Waals surface area contributed by atoms with E-state index in [0.717, 1.165) is 38.0 Å². The maximum atomic E-state index is 14.0. The fraction of sp³-hybridized carbons (Fsp3) is 0.522. The molecule has 1 amide bonds. The molecule has 29 heavy (non-hydrogen) atoms. The van der Waals surface area contributed by atoms with Gasteiger partial charge >= 0.3 is 0 Å². The van der Waals surface area contributed by atoms with Crippen LogP contribution in [0.2, 0.25) is 0 Å². The SMILES string of the molecule is Cc1occc1C(=O)N(CCN(C)C)C[C@@H]1CCCN(Cc2ccccc2F)C1. The van der Waals surface area contributed by atoms with Crippen LogP contribution >= 0.6 is 0 Å². The quantitative estimate of drug-likeness (QED) is 0.677. The van der Waals surface area contributed by atoms with E-state index < -0.39 is 0 Å². The van der Waals surface area contributed by atoms with Gasteiger partial charge < -0.3 is 14.2 Å². The first-order chi connectivity index (χ1) is 13.9. The van der Waals surface area contributed by atoms with Crippen LogP contribution in [0.1, 0.15) is 34.5 Å². The van der Waals surface area contributed by atoms with Gasteiger partial charge in [0.2, 0.25) is 0 Å². The van der Waals surface area contributed by atoms with Crippen LogP contribution in [0.4, 0.5) is 4.39 Å². The van der Waals surface area contributed by atoms with E-state index in [1.54, 1.807) is 18.4 Å². The van der Waals surface area contributed by atoms with Gasteiger partial charge in [0.25, 0.3) is 5.91 Å². The first-order valence-electron chi connectivity index (χ1n) is 10.4. The normalized spacial score (nSPS) is 17.6. The van der Waals surface area contributed by atoms with Crippen LogP contribution < -0.4 is 0 Å². The van der Waals surface area contributed by atoms with Crippen molar-refractivity contribution in [2.24, 2.45) is 5.92 Å². The lowest BCUT2D eigenvalue weighted by Crippen LogP contribution is -2.44. The third kappa shape index (κ3) is 5.90. The van der Waals surface area contributed by atoms with Gasteiger partial charge in [-0.2, -0.15) is 0 Å². The monoisotopic (exact) mass is 401 g/mol. The molecule has 0 unspecified atom stereocenters. The van der Waals surface area contributed by atoms with Crippen LogP contribution in [0.15, 0.2) is 41.0 Å². The van der Waals surface area contributed by atoms with Gasteiger partial charge in [-0.25, -0.2) is 4.39 Å². The lowest BCUT2D eigenvalue weighted by atomic mass is 9.96. The molecule has 1 aromatic carbocycles. The maximum absolute atomic E-state index is 14.0. The molecule has 3 rings (SSSR count). The number of carbonyl (C=O) groups excluding carboxylic acids is 1. The van der Waals surface area contributed by atoms with Crippen molar-refractivity contribution >= 4 is 5.91 Å². The number of nitrogens with zero attached hydrogens (tertiary/aromatic N) is 3. The minimum atomic E-state index is -0.146. The van der Waals surface area contributed by atoms with Gasteiger partial charge in [-0.15, -0.1) is 0 Å². The van der Waals surface area contributed by atoms with E-state index >= 15 is 0 Å². The Morgan fingerprint density at radius 3 is 2.72 bits per heavy atom. The average Bonchev–Trinajstić information content (AvgIpc) is 3.12. The van der Waals surface area contributed by atoms with Crippen molar-refractivity contribution in [3.8, 4) is 0 Å². The number of rotatable bonds is 8. The standard InChI is InChI=1S/C23H32FN3O2/c1-18-21(10-14-29-18)23(28)27(13-12-25(2)3)16-19-7-6-11-26(15-19)17-20-8-4-5-9-22(20)24/h4-5,8-10,14,19H,6-7,11-13,15-17H2,1-3H3/t19-/m1/s1. The van der Waals surface area contributed by atoms with Gasteiger partial charge in [-0.1, -0.05) is 18.2 Å². The van der Waals surface area contributed by atoms with Gasteiger partial charge in [0.05, 0.1) is 11.8 Å². The van der Waals surface area contributed by atoms with Gasteiger partial charge in [-0.3, -0.25) is 9.69 Å². The molecular weight excluding hydrogens is 369 g/mol. The van der Waals surface area contributed by atoms with Crippen LogP contribution in [0.25, 0.3) is 0 Å². The van der Waals surface area contributed by atoms with E-state index in [9.17, 15) is 9.18 Å². The van der Waals surface area contributed by atoms with Gasteiger partial charge in [0, 0.05) is 38.3 Å². The molecule has 0 saturated carbocycles. The summed E-state index contributed by atoms with van der Waals surface area (Å²) in [5, 5.41) is 0. The average molecular weight is 402 g/mol. The van der Waals surface area contributed by atoms with E-state index in [0.29, 0.717) is 36.9 Å². The highest BCUT2D eigenvalue weighted by Gasteiger charge is 2.26. The highest BCUT2D eigenvalue weighted by atomic mass is 19.1. The summed E-state index contributed by atoms with van der Waals surface area (Å²) < 4.78 is 19.4. The zero-order valence-electron chi connectivity index (χ0n) is 17.7. The minimum absolute atomic E-state index is 0.0318. The number of hydrogen-bond acceptors (Lipinski definition) is 4. The van der Waals surface area contributed by atoms with Gasteiger partial charge in [0.15, 0.2) is 0 Å². The lowest BCUT2D eigenvalue weighted by Gasteiger charge is -2.36. The number of amides is 1. The number of aryl methyl sites for hydroxylation is 1. The Hall–Kier alpha value is -2.18. The number of likely N-dealkylation sites (tertiary alicyclic amines) is 1. The molecular formula is C23H32FN3O2. The topological polar surface area (TPSA) is 39.9 Å². The fourth-order valence-electron chi connectivity index (χ4n) is 4.00. The summed E-state index contributed by atoms with van der Waals surface area (Å²) in [6, 6.07) is 8.74. The van der Waals surface area contributed by atoms with Crippen molar-refractivity contribution in [2.75, 3.05) is 46.8 Å². The summed E-state index contributed by atoms with van der Waals surface area (Å²) in [6.45, 7) is 6.51. The Kier molecular flexibility index (Phi) is 7.45. The van der Waals surface area contributed by atoms with Crippen molar-refractivity contribution in [1.82, 2.24) is 14.7 Å². The number of carbonyl (C=O) groups is 1. The summed E-state index contributed by atoms with van der Waals surface area (Å²) >= 11 is 0. The minimum Gasteiger partial charge on any atom is -0.469 e. The highest BCUT2D eigenvalue weighted by molar-refractivity contribution is 5.95. The van der Waals surface area contributed by atoms with Crippen molar-refractivity contribution in [3.63, 3.8) is 0 Å². The van der Waals surface area contributed by atoms with Crippen LogP contribution in [0.5, 0.6) is 0 Å². The molecule has 5 nitrogen and oxygen atoms in total. The number of likely N-dealkylation sites (N-methyl/N-ethyl adjacent to an activating group) is 1. The molecule has 1 aliphatic rings. The Bertz CT molecular complexity index is 805. The first-order valence-corrected chi connectivity index (χ1v) is 10.4. The second-order valence-corrected chi connectivity index (χ2v) is 8.28. The summed E-state index contributed by atoms with van der Waals surface area (Å²) in [6.07, 6.45) is 3.73. The second-order valence-electron chi connectivity index (χ2n) is 8.28. The van der Waals surface area contributed by atoms with E-state index in [2.05, 4.69) is 9.80 Å². The van der Waals surface area contributed by atoms with E-state index in [4.69, 9.17) is 4.42 Å². The molecule has 0 bridgehead atoms. The Morgan fingerprint density at radius 1 is 1.24 bits per heavy atom. The molecule has 2 aromatic rings. The lowest BCUT2D eigenvalue weighted by molar-refractivity contribution is 0.0658. The molecule has 0 N–H and O–H groups in total. The Morgan fingerprint density at radius 2 is 2.03 bits per heavy atom. The molecule has 0 radical (unpaired) electrons. The Labute approximate surface area is 173 Å². The molecule has 158 valence electrons. The predicted molar refractivity (Wildman–Crippen MR) is 112 cm³/mol. The molecule has 1 saturated heterocycles. The number of benzene rings is 1. The fourth-order valence-corrected chi connectivity index (χ4v) is 4.00. The first kappa shape index (κ1) is 21.5. The van der Waals surface area contributed by atoms with Crippen LogP contribution in [0, 0.1) is 18.7 Å². The molecule has 2 heterocycles. The van der Waals surface area contributed by atoms with Crippen molar-refractivity contribution in [3.05, 3.63) is 59.3 Å². The molecule has 1 aliphatic heterocycles. The zero-order chi connectivity index (χ0) is 20.8. The molecule has 0 spiro atoms. The maximum Gasteiger partial charge on any atom is 0.257 e. The Balaban J connectivity index is 1.65. The van der Waals surface area contributed by atoms with Crippen LogP contribution in [-0.2, 0) is 6.54 Å². The molecule has 6 heteroatoms. The van der Waals surface area contributed by atoms with Crippen LogP contribution in [0.3, 0.4) is 0 Å². The summed E-state index contributed by atoms with van der Waals surface area (Å²) in [4.78, 5) is 19.5. The predicted octanol–water partition coefficient (Wildman–Crippen LogP) is 3.64. The number of piperidine rings is 1. The molecule has 1 aromatic heterocycles. The molecule has 1 fully saturated rings. The summed E-state index contributed by atoms with van der Waals surface area (Å²) in [7, 11) is 4.03. The molecule has 1 atom stereocenters. The van der Waals surface area contributed by atoms with E-state index in [1.807, 2.05) is 38.1 Å². The van der Waals surface area contributed by atoms with E-state index in [-0.39, 0.29) is 11.7 Å². The van der Waals surface area contributed by atoms with E-state index in [1.165, 1.54) is 6.07 Å². The highest BCUT2D eigenvalue weighted by Crippen LogP contribution is 2.22. The van der Waals surface area contributed by atoms with Gasteiger partial charge in [0.1, 0.15) is 11.6 Å². The smallest absolute Gasteiger partial charge is 0.257 e. The second kappa shape index (κ2) is 10.0. The summed E-state index contributed by atoms with van der Waals surface area (Å²) in [5.41, 5.74) is 1.38. The number of furan rings is 1. The van der Waals surface area contributed by atoms with Crippen molar-refractivity contribution in [2.45, 2.75) is 26.3 Å². The van der Waals surface area contributed by atoms with Gasteiger partial charge in [-0.05, 0) is 58.5 Å². The number of hydrogen-bond donors (Lipinski definition) is 0. The third-order valence-electron chi connectivity index (χ3n) is 5.63. The van der Waals surface area contributed by atoms with Crippen molar-refractivity contribution < 1.29 is 13.6 Å². The summed E-state index contributed by atoms with van der Waals surface area (Å²) in [5.74, 6) is 0.931. The third-order valence-corrected chi connectivity index (χ3v) is 5.63. The largest absolute Gasteiger partial charge is 0.469 e. The van der Waals surface area contributed by atoms with Crippen LogP contribution in [-0.4, -0.2) is 67.4 Å². The van der Waals surface area contributed by atoms with Crippen molar-refractivity contribution in [1.29, 1.82) is 0 Å². The molecule has 0 aliphatic carbocycles.